The molecule has 0 aliphatic heterocycles. The number of hydrogen-bond acceptors (Lipinski definition) is 0. The second-order valence-corrected chi connectivity index (χ2v) is 10.8. The molecule has 0 amide bonds. The van der Waals surface area contributed by atoms with E-state index in [-0.39, 0.29) is 10.8 Å². The van der Waals surface area contributed by atoms with E-state index in [1.807, 2.05) is 0 Å². The van der Waals surface area contributed by atoms with Crippen molar-refractivity contribution in [3.63, 3.8) is 0 Å². The number of hydrogen-bond donors (Lipinski definition) is 0. The van der Waals surface area contributed by atoms with Crippen molar-refractivity contribution < 1.29 is 4.39 Å². The largest absolute Gasteiger partial charge is 0.246 e. The van der Waals surface area contributed by atoms with E-state index in [0.29, 0.717) is 0 Å². The molecule has 2 spiro atoms. The first-order valence-electron chi connectivity index (χ1n) is 12.8. The van der Waals surface area contributed by atoms with Gasteiger partial charge in [0.15, 0.2) is 0 Å². The predicted molar refractivity (Wildman–Crippen MR) is 116 cm³/mol. The molecule has 3 saturated carbocycles. The lowest BCUT2D eigenvalue weighted by Gasteiger charge is -2.63. The van der Waals surface area contributed by atoms with Crippen molar-refractivity contribution in [3.8, 4) is 0 Å². The molecule has 0 aromatic carbocycles. The highest BCUT2D eigenvalue weighted by Crippen LogP contribution is 2.68. The quantitative estimate of drug-likeness (QED) is 0.333. The molecule has 158 valence electrons. The van der Waals surface area contributed by atoms with Crippen LogP contribution in [-0.4, -0.2) is 6.17 Å². The molecule has 3 rings (SSSR count). The van der Waals surface area contributed by atoms with Crippen molar-refractivity contribution in [1.82, 2.24) is 0 Å². The molecule has 0 aromatic rings. The van der Waals surface area contributed by atoms with Crippen LogP contribution in [-0.2, 0) is 0 Å². The summed E-state index contributed by atoms with van der Waals surface area (Å²) in [7, 11) is 0. The maximum Gasteiger partial charge on any atom is 0.111 e. The van der Waals surface area contributed by atoms with Crippen molar-refractivity contribution in [2.45, 2.75) is 142 Å². The van der Waals surface area contributed by atoms with Crippen LogP contribution in [0.15, 0.2) is 0 Å². The lowest BCUT2D eigenvalue weighted by Crippen LogP contribution is -2.60. The Morgan fingerprint density at radius 2 is 1.04 bits per heavy atom. The Hall–Kier alpha value is -0.0700. The van der Waals surface area contributed by atoms with Crippen molar-refractivity contribution >= 4 is 0 Å². The van der Waals surface area contributed by atoms with Crippen LogP contribution < -0.4 is 0 Å². The van der Waals surface area contributed by atoms with Gasteiger partial charge in [0, 0.05) is 10.8 Å². The first kappa shape index (κ1) is 21.6. The highest BCUT2D eigenvalue weighted by molar-refractivity contribution is 5.13. The summed E-state index contributed by atoms with van der Waals surface area (Å²) >= 11 is 0. The average Bonchev–Trinajstić information content (AvgIpc) is 2.71. The van der Waals surface area contributed by atoms with Crippen LogP contribution in [0.4, 0.5) is 4.39 Å². The third kappa shape index (κ3) is 5.11. The second-order valence-electron chi connectivity index (χ2n) is 10.8. The fourth-order valence-corrected chi connectivity index (χ4v) is 7.06. The normalized spacial score (nSPS) is 39.0. The van der Waals surface area contributed by atoms with Gasteiger partial charge in [-0.15, -0.1) is 0 Å². The molecule has 0 radical (unpaired) electrons. The molecule has 3 aliphatic carbocycles. The van der Waals surface area contributed by atoms with E-state index in [2.05, 4.69) is 13.8 Å². The third-order valence-electron chi connectivity index (χ3n) is 8.91. The zero-order valence-electron chi connectivity index (χ0n) is 18.5. The summed E-state index contributed by atoms with van der Waals surface area (Å²) in [4.78, 5) is 0. The molecule has 0 saturated heterocycles. The van der Waals surface area contributed by atoms with Gasteiger partial charge in [-0.1, -0.05) is 78.1 Å². The zero-order chi connectivity index (χ0) is 19.2. The van der Waals surface area contributed by atoms with Crippen molar-refractivity contribution in [2.24, 2.45) is 22.7 Å². The van der Waals surface area contributed by atoms with Gasteiger partial charge >= 0.3 is 0 Å². The van der Waals surface area contributed by atoms with Crippen molar-refractivity contribution in [2.75, 3.05) is 0 Å². The van der Waals surface area contributed by atoms with Crippen LogP contribution in [0.3, 0.4) is 0 Å². The molecular weight excluding hydrogens is 331 g/mol. The second kappa shape index (κ2) is 10.1. The van der Waals surface area contributed by atoms with Crippen LogP contribution in [0.5, 0.6) is 0 Å². The summed E-state index contributed by atoms with van der Waals surface area (Å²) in [6, 6.07) is 0. The third-order valence-corrected chi connectivity index (χ3v) is 8.91. The molecule has 3 aliphatic rings. The Labute approximate surface area is 169 Å². The van der Waals surface area contributed by atoms with Crippen molar-refractivity contribution in [1.29, 1.82) is 0 Å². The first-order chi connectivity index (χ1) is 13.1. The lowest BCUT2D eigenvalue weighted by atomic mass is 9.42. The topological polar surface area (TPSA) is 0 Å². The van der Waals surface area contributed by atoms with Gasteiger partial charge in [-0.3, -0.25) is 0 Å². The summed E-state index contributed by atoms with van der Waals surface area (Å²) in [5.41, 5.74) is 0.238. The fraction of sp³-hybridized carbons (Fsp3) is 1.00. The van der Waals surface area contributed by atoms with Gasteiger partial charge in [-0.25, -0.2) is 4.39 Å². The molecule has 27 heavy (non-hydrogen) atoms. The Morgan fingerprint density at radius 3 is 1.37 bits per heavy atom. The molecule has 0 unspecified atom stereocenters. The van der Waals surface area contributed by atoms with Gasteiger partial charge in [-0.2, -0.15) is 0 Å². The average molecular weight is 379 g/mol. The summed E-state index contributed by atoms with van der Waals surface area (Å²) < 4.78 is 15.6. The van der Waals surface area contributed by atoms with Gasteiger partial charge in [0.25, 0.3) is 0 Å². The predicted octanol–water partition coefficient (Wildman–Crippen LogP) is 9.02. The summed E-state index contributed by atoms with van der Waals surface area (Å²) in [5, 5.41) is 0. The molecule has 0 aromatic heterocycles. The minimum Gasteiger partial charge on any atom is -0.246 e. The molecule has 0 heterocycles. The fourth-order valence-electron chi connectivity index (χ4n) is 7.06. The molecular formula is C26H47F. The Kier molecular flexibility index (Phi) is 8.10. The van der Waals surface area contributed by atoms with Gasteiger partial charge < -0.3 is 0 Å². The highest BCUT2D eigenvalue weighted by Gasteiger charge is 2.64. The number of unbranched alkanes of at least 4 members (excludes halogenated alkanes) is 6. The lowest BCUT2D eigenvalue weighted by molar-refractivity contribution is -0.184. The van der Waals surface area contributed by atoms with E-state index in [1.54, 1.807) is 0 Å². The standard InChI is InChI=1S/C26H47F/c1-3-5-7-9-11-22-13-17-25(18-14-22)21-26(24(25)27)19-15-23(16-20-26)12-10-8-6-4-2/h22-24H,3-21H2,1-2H3. The molecule has 3 fully saturated rings. The van der Waals surface area contributed by atoms with Gasteiger partial charge in [-0.05, 0) is 69.6 Å². The summed E-state index contributed by atoms with van der Waals surface area (Å²) in [5.74, 6) is 1.82. The monoisotopic (exact) mass is 378 g/mol. The smallest absolute Gasteiger partial charge is 0.111 e. The van der Waals surface area contributed by atoms with Crippen LogP contribution >= 0.6 is 0 Å². The van der Waals surface area contributed by atoms with Crippen LogP contribution in [0.2, 0.25) is 0 Å². The van der Waals surface area contributed by atoms with Gasteiger partial charge in [0.05, 0.1) is 0 Å². The number of alkyl halides is 1. The van der Waals surface area contributed by atoms with Gasteiger partial charge in [0.1, 0.15) is 6.17 Å². The zero-order valence-corrected chi connectivity index (χ0v) is 18.5. The van der Waals surface area contributed by atoms with Crippen LogP contribution in [0, 0.1) is 22.7 Å². The van der Waals surface area contributed by atoms with Crippen molar-refractivity contribution in [3.05, 3.63) is 0 Å². The van der Waals surface area contributed by atoms with E-state index in [0.717, 1.165) is 11.8 Å². The molecule has 0 nitrogen and oxygen atoms in total. The minimum absolute atomic E-state index is 0.119. The molecule has 0 atom stereocenters. The molecule has 1 heteroatoms. The Bertz CT molecular complexity index is 374. The van der Waals surface area contributed by atoms with E-state index in [1.165, 1.54) is 122 Å². The SMILES string of the molecule is CCCCCCC1CCC2(CC1)CC1(CCC(CCCCCC)CC1)C2F. The van der Waals surface area contributed by atoms with Crippen LogP contribution in [0.1, 0.15) is 136 Å². The summed E-state index contributed by atoms with van der Waals surface area (Å²) in [6.07, 6.45) is 24.8. The number of halogens is 1. The maximum absolute atomic E-state index is 15.6. The minimum atomic E-state index is -0.466. The summed E-state index contributed by atoms with van der Waals surface area (Å²) in [6.45, 7) is 4.58. The number of rotatable bonds is 10. The Balaban J connectivity index is 1.36. The van der Waals surface area contributed by atoms with E-state index >= 15 is 4.39 Å². The first-order valence-corrected chi connectivity index (χ1v) is 12.8. The molecule has 0 bridgehead atoms. The highest BCUT2D eigenvalue weighted by atomic mass is 19.1. The van der Waals surface area contributed by atoms with E-state index in [9.17, 15) is 0 Å². The van der Waals surface area contributed by atoms with E-state index in [4.69, 9.17) is 0 Å². The van der Waals surface area contributed by atoms with Crippen LogP contribution in [0.25, 0.3) is 0 Å². The molecule has 0 N–H and O–H groups in total. The maximum atomic E-state index is 15.6. The van der Waals surface area contributed by atoms with E-state index < -0.39 is 6.17 Å². The van der Waals surface area contributed by atoms with Gasteiger partial charge in [0.2, 0.25) is 0 Å². The Morgan fingerprint density at radius 1 is 0.630 bits per heavy atom.